The third-order valence-corrected chi connectivity index (χ3v) is 4.80. The lowest BCUT2D eigenvalue weighted by molar-refractivity contribution is 0.100. The average molecular weight is 328 g/mol. The fourth-order valence-corrected chi connectivity index (χ4v) is 3.60. The first-order chi connectivity index (χ1) is 12.2. The predicted octanol–water partition coefficient (Wildman–Crippen LogP) is 4.50. The summed E-state index contributed by atoms with van der Waals surface area (Å²) in [6.07, 6.45) is 1.02. The lowest BCUT2D eigenvalue weighted by Crippen LogP contribution is -2.11. The van der Waals surface area contributed by atoms with Crippen molar-refractivity contribution in [1.29, 1.82) is 0 Å². The Morgan fingerprint density at radius 3 is 2.44 bits per heavy atom. The third-order valence-electron chi connectivity index (χ3n) is 4.80. The van der Waals surface area contributed by atoms with Crippen molar-refractivity contribution >= 4 is 27.7 Å². The van der Waals surface area contributed by atoms with Gasteiger partial charge in [-0.2, -0.15) is 0 Å². The van der Waals surface area contributed by atoms with Crippen molar-refractivity contribution in [1.82, 2.24) is 4.57 Å². The Morgan fingerprint density at radius 1 is 0.920 bits per heavy atom. The molecule has 4 rings (SSSR count). The number of fused-ring (bicyclic) bond motifs is 3. The van der Waals surface area contributed by atoms with Crippen LogP contribution >= 0.6 is 0 Å². The van der Waals surface area contributed by atoms with Gasteiger partial charge in [0, 0.05) is 28.4 Å². The number of rotatable bonds is 4. The molecule has 0 bridgehead atoms. The number of hydrogen-bond acceptors (Lipinski definition) is 1. The zero-order valence-corrected chi connectivity index (χ0v) is 14.2. The minimum absolute atomic E-state index is 0.388. The molecular weight excluding hydrogens is 308 g/mol. The fraction of sp³-hybridized carbons (Fsp3) is 0.136. The second-order valence-corrected chi connectivity index (χ2v) is 6.34. The predicted molar refractivity (Wildman–Crippen MR) is 103 cm³/mol. The maximum Gasteiger partial charge on any atom is 0.249 e. The van der Waals surface area contributed by atoms with Crippen LogP contribution in [0.15, 0.2) is 66.7 Å². The molecule has 4 aromatic rings. The van der Waals surface area contributed by atoms with Crippen LogP contribution in [0, 0.1) is 0 Å². The van der Waals surface area contributed by atoms with Gasteiger partial charge in [-0.3, -0.25) is 4.79 Å². The van der Waals surface area contributed by atoms with E-state index in [4.69, 9.17) is 5.73 Å². The molecule has 0 aliphatic heterocycles. The summed E-state index contributed by atoms with van der Waals surface area (Å²) < 4.78 is 2.27. The fourth-order valence-electron chi connectivity index (χ4n) is 3.60. The summed E-state index contributed by atoms with van der Waals surface area (Å²) in [5.74, 6) is -0.388. The summed E-state index contributed by atoms with van der Waals surface area (Å²) in [5.41, 5.74) is 10.9. The number of benzene rings is 3. The number of carbonyl (C=O) groups is 1. The van der Waals surface area contributed by atoms with Gasteiger partial charge in [-0.05, 0) is 35.7 Å². The molecule has 0 aliphatic carbocycles. The largest absolute Gasteiger partial charge is 0.366 e. The topological polar surface area (TPSA) is 48.0 Å². The summed E-state index contributed by atoms with van der Waals surface area (Å²) in [5, 5.41) is 2.01. The van der Waals surface area contributed by atoms with Gasteiger partial charge in [0.25, 0.3) is 0 Å². The van der Waals surface area contributed by atoms with Crippen LogP contribution in [0.25, 0.3) is 21.8 Å². The van der Waals surface area contributed by atoms with Crippen LogP contribution in [0.4, 0.5) is 0 Å². The van der Waals surface area contributed by atoms with Crippen LogP contribution in [-0.4, -0.2) is 10.5 Å². The molecule has 0 aliphatic rings. The normalized spacial score (nSPS) is 11.2. The molecule has 1 heterocycles. The Hall–Kier alpha value is -3.07. The van der Waals surface area contributed by atoms with E-state index in [-0.39, 0.29) is 5.91 Å². The van der Waals surface area contributed by atoms with Gasteiger partial charge in [0.15, 0.2) is 0 Å². The van der Waals surface area contributed by atoms with Crippen LogP contribution in [0.5, 0.6) is 0 Å². The van der Waals surface area contributed by atoms with Crippen molar-refractivity contribution in [3.05, 3.63) is 83.4 Å². The van der Waals surface area contributed by atoms with Gasteiger partial charge in [0.05, 0.1) is 5.52 Å². The molecule has 1 amide bonds. The minimum atomic E-state index is -0.388. The van der Waals surface area contributed by atoms with Crippen molar-refractivity contribution in [3.8, 4) is 0 Å². The quantitative estimate of drug-likeness (QED) is 0.589. The van der Waals surface area contributed by atoms with E-state index in [1.165, 1.54) is 11.1 Å². The molecule has 25 heavy (non-hydrogen) atoms. The summed E-state index contributed by atoms with van der Waals surface area (Å²) in [6.45, 7) is 2.93. The van der Waals surface area contributed by atoms with Gasteiger partial charge in [-0.25, -0.2) is 0 Å². The summed E-state index contributed by atoms with van der Waals surface area (Å²) in [4.78, 5) is 11.9. The Kier molecular flexibility index (Phi) is 3.77. The number of nitrogens with zero attached hydrogens (tertiary/aromatic N) is 1. The Morgan fingerprint density at radius 2 is 1.64 bits per heavy atom. The molecule has 3 aromatic carbocycles. The lowest BCUT2D eigenvalue weighted by Gasteiger charge is -2.09. The van der Waals surface area contributed by atoms with Crippen LogP contribution in [0.1, 0.15) is 28.4 Å². The Bertz CT molecular complexity index is 1090. The molecular formula is C22H20N2O. The van der Waals surface area contributed by atoms with Crippen LogP contribution in [0.2, 0.25) is 0 Å². The molecule has 1 aromatic heterocycles. The Labute approximate surface area is 146 Å². The number of nitrogens with two attached hydrogens (primary N) is 1. The highest BCUT2D eigenvalue weighted by Crippen LogP contribution is 2.32. The lowest BCUT2D eigenvalue weighted by atomic mass is 10.1. The number of aryl methyl sites for hydroxylation is 1. The number of para-hydroxylation sites is 1. The molecule has 0 saturated carbocycles. The monoisotopic (exact) mass is 328 g/mol. The van der Waals surface area contributed by atoms with Gasteiger partial charge >= 0.3 is 0 Å². The highest BCUT2D eigenvalue weighted by atomic mass is 16.1. The summed E-state index contributed by atoms with van der Waals surface area (Å²) >= 11 is 0. The van der Waals surface area contributed by atoms with E-state index >= 15 is 0 Å². The van der Waals surface area contributed by atoms with E-state index in [0.29, 0.717) is 5.56 Å². The van der Waals surface area contributed by atoms with E-state index < -0.39 is 0 Å². The van der Waals surface area contributed by atoms with E-state index in [9.17, 15) is 4.79 Å². The second-order valence-electron chi connectivity index (χ2n) is 6.34. The van der Waals surface area contributed by atoms with Crippen molar-refractivity contribution < 1.29 is 4.79 Å². The standard InChI is InChI=1S/C22H20N2O/c1-2-15-7-5-8-16(13-15)14-24-19-11-4-3-9-17(19)21-18(22(23)25)10-6-12-20(21)24/h3-13H,2,14H2,1H3,(H2,23,25). The van der Waals surface area contributed by atoms with Gasteiger partial charge in [0.2, 0.25) is 5.91 Å². The molecule has 0 spiro atoms. The van der Waals surface area contributed by atoms with Crippen LogP contribution < -0.4 is 5.73 Å². The third kappa shape index (κ3) is 2.58. The number of primary amides is 1. The zero-order valence-electron chi connectivity index (χ0n) is 14.2. The van der Waals surface area contributed by atoms with E-state index in [1.807, 2.05) is 18.2 Å². The van der Waals surface area contributed by atoms with Gasteiger partial charge in [0.1, 0.15) is 0 Å². The molecule has 3 nitrogen and oxygen atoms in total. The highest BCUT2D eigenvalue weighted by Gasteiger charge is 2.16. The van der Waals surface area contributed by atoms with Gasteiger partial charge in [-0.15, -0.1) is 0 Å². The van der Waals surface area contributed by atoms with Crippen molar-refractivity contribution in [3.63, 3.8) is 0 Å². The Balaban J connectivity index is 1.99. The van der Waals surface area contributed by atoms with Crippen molar-refractivity contribution in [2.24, 2.45) is 5.73 Å². The smallest absolute Gasteiger partial charge is 0.249 e. The molecule has 0 saturated heterocycles. The minimum Gasteiger partial charge on any atom is -0.366 e. The van der Waals surface area contributed by atoms with E-state index in [0.717, 1.165) is 34.8 Å². The maximum atomic E-state index is 11.9. The number of carbonyl (C=O) groups excluding carboxylic acids is 1. The maximum absolute atomic E-state index is 11.9. The molecule has 0 fully saturated rings. The number of amides is 1. The first kappa shape index (κ1) is 15.5. The number of aromatic nitrogens is 1. The molecule has 124 valence electrons. The highest BCUT2D eigenvalue weighted by molar-refractivity contribution is 6.17. The average Bonchev–Trinajstić information content (AvgIpc) is 2.96. The molecule has 3 heteroatoms. The van der Waals surface area contributed by atoms with E-state index in [1.54, 1.807) is 6.07 Å². The SMILES string of the molecule is CCc1cccc(Cn2c3ccccc3c3c(C(N)=O)cccc32)c1. The molecule has 0 radical (unpaired) electrons. The molecule has 0 atom stereocenters. The first-order valence-electron chi connectivity index (χ1n) is 8.56. The van der Waals surface area contributed by atoms with Crippen LogP contribution in [-0.2, 0) is 13.0 Å². The van der Waals surface area contributed by atoms with E-state index in [2.05, 4.69) is 54.0 Å². The summed E-state index contributed by atoms with van der Waals surface area (Å²) in [7, 11) is 0. The second kappa shape index (κ2) is 6.10. The van der Waals surface area contributed by atoms with Crippen LogP contribution in [0.3, 0.4) is 0 Å². The van der Waals surface area contributed by atoms with Gasteiger partial charge < -0.3 is 10.3 Å². The zero-order chi connectivity index (χ0) is 17.4. The first-order valence-corrected chi connectivity index (χ1v) is 8.56. The van der Waals surface area contributed by atoms with Crippen molar-refractivity contribution in [2.45, 2.75) is 19.9 Å². The summed E-state index contributed by atoms with van der Waals surface area (Å²) in [6, 6.07) is 22.6. The molecule has 2 N–H and O–H groups in total. The number of hydrogen-bond donors (Lipinski definition) is 1. The van der Waals surface area contributed by atoms with Gasteiger partial charge in [-0.1, -0.05) is 55.5 Å². The molecule has 0 unspecified atom stereocenters. The van der Waals surface area contributed by atoms with Crippen molar-refractivity contribution in [2.75, 3.05) is 0 Å².